The molecule has 2 atom stereocenters. The Labute approximate surface area is 103 Å². The van der Waals surface area contributed by atoms with E-state index >= 15 is 0 Å². The van der Waals surface area contributed by atoms with E-state index in [0.717, 1.165) is 19.3 Å². The zero-order valence-electron chi connectivity index (χ0n) is 10.6. The molecule has 0 aromatic rings. The van der Waals surface area contributed by atoms with E-state index in [1.807, 2.05) is 0 Å². The number of hydrogen-bond acceptors (Lipinski definition) is 4. The Hall–Kier alpha value is -1.08. The van der Waals surface area contributed by atoms with Crippen LogP contribution in [0.1, 0.15) is 45.4 Å². The summed E-state index contributed by atoms with van der Waals surface area (Å²) in [7, 11) is 2.19. The van der Waals surface area contributed by atoms with Gasteiger partial charge in [0.15, 0.2) is 0 Å². The van der Waals surface area contributed by atoms with Crippen molar-refractivity contribution in [1.29, 1.82) is 5.26 Å². The van der Waals surface area contributed by atoms with Crippen LogP contribution in [-0.4, -0.2) is 30.0 Å². The van der Waals surface area contributed by atoms with Crippen molar-refractivity contribution in [3.05, 3.63) is 0 Å². The number of nitrogens with zero attached hydrogens (tertiary/aromatic N) is 2. The number of fused-ring (bicyclic) bond motifs is 2. The van der Waals surface area contributed by atoms with Crippen LogP contribution in [0.2, 0.25) is 0 Å². The minimum Gasteiger partial charge on any atom is -0.351 e. The summed E-state index contributed by atoms with van der Waals surface area (Å²) < 4.78 is 4.44. The fourth-order valence-corrected chi connectivity index (χ4v) is 3.62. The third-order valence-electron chi connectivity index (χ3n) is 4.75. The number of nitriles is 1. The minimum atomic E-state index is -0.363. The van der Waals surface area contributed by atoms with Crippen LogP contribution in [0.25, 0.3) is 0 Å². The highest BCUT2D eigenvalue weighted by Gasteiger charge is 2.46. The second-order valence-corrected chi connectivity index (χ2v) is 5.55. The first-order valence-electron chi connectivity index (χ1n) is 6.41. The maximum Gasteiger partial charge on any atom is 0.322 e. The maximum absolute atomic E-state index is 11.5. The van der Waals surface area contributed by atoms with Crippen LogP contribution in [0.3, 0.4) is 0 Å². The monoisotopic (exact) mass is 236 g/mol. The van der Waals surface area contributed by atoms with Crippen LogP contribution in [0.4, 0.5) is 0 Å². The predicted octanol–water partition coefficient (Wildman–Crippen LogP) is 2.05. The van der Waals surface area contributed by atoms with Gasteiger partial charge in [0.2, 0.25) is 0 Å². The normalized spacial score (nSPS) is 36.5. The molecular formula is C13H20N2O2. The number of carbonyl (C=O) groups excluding carboxylic acids is 1. The van der Waals surface area contributed by atoms with E-state index in [1.54, 1.807) is 0 Å². The average Bonchev–Trinajstić information content (AvgIpc) is 2.53. The van der Waals surface area contributed by atoms with Crippen LogP contribution < -0.4 is 0 Å². The Morgan fingerprint density at radius 1 is 1.47 bits per heavy atom. The summed E-state index contributed by atoms with van der Waals surface area (Å²) in [5.74, 6) is -0.363. The van der Waals surface area contributed by atoms with Gasteiger partial charge in [-0.2, -0.15) is 0 Å². The molecule has 2 saturated heterocycles. The van der Waals surface area contributed by atoms with E-state index in [0.29, 0.717) is 18.5 Å². The highest BCUT2D eigenvalue weighted by atomic mass is 16.5. The molecule has 94 valence electrons. The van der Waals surface area contributed by atoms with Gasteiger partial charge in [0.25, 0.3) is 6.26 Å². The molecule has 2 aliphatic heterocycles. The third kappa shape index (κ3) is 2.30. The molecule has 0 aliphatic carbocycles. The highest BCUT2D eigenvalue weighted by Crippen LogP contribution is 2.48. The molecule has 2 aliphatic rings. The number of carbonyl (C=O) groups is 1. The van der Waals surface area contributed by atoms with Crippen LogP contribution in [0.5, 0.6) is 0 Å². The van der Waals surface area contributed by atoms with Crippen molar-refractivity contribution in [3.8, 4) is 6.26 Å². The van der Waals surface area contributed by atoms with E-state index in [2.05, 4.69) is 23.6 Å². The molecule has 4 heteroatoms. The van der Waals surface area contributed by atoms with Crippen molar-refractivity contribution >= 4 is 5.97 Å². The first kappa shape index (κ1) is 12.4. The second-order valence-electron chi connectivity index (χ2n) is 5.55. The van der Waals surface area contributed by atoms with E-state index in [4.69, 9.17) is 5.26 Å². The van der Waals surface area contributed by atoms with E-state index in [1.165, 1.54) is 19.1 Å². The molecule has 0 radical (unpaired) electrons. The van der Waals surface area contributed by atoms with Gasteiger partial charge in [0.05, 0.1) is 6.42 Å². The zero-order valence-corrected chi connectivity index (χ0v) is 10.6. The smallest absolute Gasteiger partial charge is 0.322 e. The lowest BCUT2D eigenvalue weighted by Gasteiger charge is -2.44. The van der Waals surface area contributed by atoms with Gasteiger partial charge in [-0.1, -0.05) is 6.92 Å². The summed E-state index contributed by atoms with van der Waals surface area (Å²) in [6, 6.07) is 1.23. The van der Waals surface area contributed by atoms with Crippen molar-refractivity contribution in [2.75, 3.05) is 7.05 Å². The molecule has 0 saturated carbocycles. The Morgan fingerprint density at radius 2 is 2.06 bits per heavy atom. The number of piperidine rings is 1. The molecule has 0 N–H and O–H groups in total. The molecule has 4 nitrogen and oxygen atoms in total. The minimum absolute atomic E-state index is 0.0618. The summed E-state index contributed by atoms with van der Waals surface area (Å²) in [4.78, 5) is 14.0. The van der Waals surface area contributed by atoms with E-state index in [9.17, 15) is 4.79 Å². The number of rotatable bonds is 3. The molecule has 0 spiro atoms. The van der Waals surface area contributed by atoms with E-state index in [-0.39, 0.29) is 11.4 Å². The summed E-state index contributed by atoms with van der Waals surface area (Å²) in [5, 5.41) is 8.38. The molecule has 0 aromatic carbocycles. The van der Waals surface area contributed by atoms with Crippen molar-refractivity contribution in [1.82, 2.24) is 4.90 Å². The topological polar surface area (TPSA) is 53.3 Å². The van der Waals surface area contributed by atoms with Gasteiger partial charge < -0.3 is 9.64 Å². The fourth-order valence-electron chi connectivity index (χ4n) is 3.62. The lowest BCUT2D eigenvalue weighted by atomic mass is 9.71. The Kier molecular flexibility index (Phi) is 3.39. The van der Waals surface area contributed by atoms with Gasteiger partial charge in [-0.05, 0) is 44.6 Å². The Morgan fingerprint density at radius 3 is 2.53 bits per heavy atom. The third-order valence-corrected chi connectivity index (χ3v) is 4.75. The molecule has 0 aromatic heterocycles. The van der Waals surface area contributed by atoms with Gasteiger partial charge in [0.1, 0.15) is 0 Å². The summed E-state index contributed by atoms with van der Waals surface area (Å²) in [6.07, 6.45) is 7.51. The first-order chi connectivity index (χ1) is 8.10. The van der Waals surface area contributed by atoms with Crippen LogP contribution in [0.15, 0.2) is 0 Å². The SMILES string of the molecule is CCC1(CC(=O)OC#N)CC2CCC(C1)N2C. The lowest BCUT2D eigenvalue weighted by Crippen LogP contribution is -2.46. The molecule has 2 rings (SSSR count). The molecule has 2 fully saturated rings. The van der Waals surface area contributed by atoms with Crippen molar-refractivity contribution in [2.24, 2.45) is 5.41 Å². The van der Waals surface area contributed by atoms with Crippen molar-refractivity contribution < 1.29 is 9.53 Å². The summed E-state index contributed by atoms with van der Waals surface area (Å²) in [6.45, 7) is 2.14. The van der Waals surface area contributed by atoms with Crippen LogP contribution in [0, 0.1) is 16.9 Å². The summed E-state index contributed by atoms with van der Waals surface area (Å²) in [5.41, 5.74) is 0.0618. The average molecular weight is 236 g/mol. The molecule has 2 bridgehead atoms. The summed E-state index contributed by atoms with van der Waals surface area (Å²) >= 11 is 0. The fraction of sp³-hybridized carbons (Fsp3) is 0.846. The highest BCUT2D eigenvalue weighted by molar-refractivity contribution is 5.71. The molecule has 2 unspecified atom stereocenters. The molecule has 2 heterocycles. The zero-order chi connectivity index (χ0) is 12.5. The molecule has 0 amide bonds. The van der Waals surface area contributed by atoms with Gasteiger partial charge >= 0.3 is 5.97 Å². The lowest BCUT2D eigenvalue weighted by molar-refractivity contribution is -0.141. The largest absolute Gasteiger partial charge is 0.351 e. The van der Waals surface area contributed by atoms with E-state index < -0.39 is 0 Å². The number of ether oxygens (including phenoxy) is 1. The van der Waals surface area contributed by atoms with Gasteiger partial charge in [0, 0.05) is 12.1 Å². The number of esters is 1. The molecule has 17 heavy (non-hydrogen) atoms. The van der Waals surface area contributed by atoms with Crippen molar-refractivity contribution in [2.45, 2.75) is 57.5 Å². The molecular weight excluding hydrogens is 216 g/mol. The first-order valence-corrected chi connectivity index (χ1v) is 6.41. The number of hydrogen-bond donors (Lipinski definition) is 0. The predicted molar refractivity (Wildman–Crippen MR) is 62.9 cm³/mol. The second kappa shape index (κ2) is 4.66. The van der Waals surface area contributed by atoms with Crippen LogP contribution in [-0.2, 0) is 9.53 Å². The Bertz CT molecular complexity index is 334. The van der Waals surface area contributed by atoms with Gasteiger partial charge in [-0.15, -0.1) is 5.26 Å². The Balaban J connectivity index is 2.07. The van der Waals surface area contributed by atoms with Crippen LogP contribution >= 0.6 is 0 Å². The standard InChI is InChI=1S/C13H20N2O2/c1-3-13(8-12(16)17-9-14)6-10-4-5-11(7-13)15(10)2/h10-11H,3-8H2,1-2H3. The maximum atomic E-state index is 11.5. The van der Waals surface area contributed by atoms with Gasteiger partial charge in [-0.25, -0.2) is 0 Å². The quantitative estimate of drug-likeness (QED) is 0.556. The van der Waals surface area contributed by atoms with Gasteiger partial charge in [-0.3, -0.25) is 4.79 Å². The van der Waals surface area contributed by atoms with Crippen molar-refractivity contribution in [3.63, 3.8) is 0 Å².